The summed E-state index contributed by atoms with van der Waals surface area (Å²) in [7, 11) is 0. The zero-order valence-electron chi connectivity index (χ0n) is 16.7. The molecule has 3 heterocycles. The van der Waals surface area contributed by atoms with Crippen molar-refractivity contribution in [2.24, 2.45) is 0 Å². The van der Waals surface area contributed by atoms with E-state index in [2.05, 4.69) is 40.4 Å². The third-order valence-corrected chi connectivity index (χ3v) is 6.43. The van der Waals surface area contributed by atoms with Crippen LogP contribution in [0.2, 0.25) is 0 Å². The fourth-order valence-electron chi connectivity index (χ4n) is 5.23. The van der Waals surface area contributed by atoms with Crippen molar-refractivity contribution >= 4 is 5.78 Å². The molecule has 2 aromatic rings. The van der Waals surface area contributed by atoms with E-state index in [1.54, 1.807) is 0 Å². The lowest BCUT2D eigenvalue weighted by Gasteiger charge is -2.47. The topological polar surface area (TPSA) is 51.0 Å². The number of hydrogen-bond acceptors (Lipinski definition) is 4. The predicted molar refractivity (Wildman–Crippen MR) is 106 cm³/mol. The summed E-state index contributed by atoms with van der Waals surface area (Å²) < 4.78 is 2.41. The van der Waals surface area contributed by atoms with E-state index in [4.69, 9.17) is 0 Å². The predicted octanol–water partition coefficient (Wildman–Crippen LogP) is 4.28. The average molecular weight is 367 g/mol. The van der Waals surface area contributed by atoms with Crippen molar-refractivity contribution in [1.82, 2.24) is 19.7 Å². The molecule has 5 heteroatoms. The molecule has 2 atom stereocenters. The van der Waals surface area contributed by atoms with Gasteiger partial charge in [-0.1, -0.05) is 44.2 Å². The summed E-state index contributed by atoms with van der Waals surface area (Å²) in [6.07, 6.45) is 6.51. The molecule has 27 heavy (non-hydrogen) atoms. The summed E-state index contributed by atoms with van der Waals surface area (Å²) >= 11 is 0. The number of carbonyl (C=O) groups excluding carboxylic acids is 1. The number of fused-ring (bicyclic) bond motifs is 2. The lowest BCUT2D eigenvalue weighted by Crippen LogP contribution is -2.53. The van der Waals surface area contributed by atoms with Crippen LogP contribution < -0.4 is 0 Å². The minimum absolute atomic E-state index is 0.0485. The summed E-state index contributed by atoms with van der Waals surface area (Å²) in [4.78, 5) is 15.3. The second kappa shape index (κ2) is 7.19. The van der Waals surface area contributed by atoms with Gasteiger partial charge in [-0.15, -0.1) is 10.2 Å². The molecule has 0 spiro atoms. The number of ketones is 1. The first-order chi connectivity index (χ1) is 13.0. The van der Waals surface area contributed by atoms with Crippen LogP contribution in [0.5, 0.6) is 0 Å². The molecule has 2 fully saturated rings. The minimum atomic E-state index is -0.0485. The number of carbonyl (C=O) groups is 1. The van der Waals surface area contributed by atoms with Crippen molar-refractivity contribution in [3.63, 3.8) is 0 Å². The Morgan fingerprint density at radius 2 is 1.96 bits per heavy atom. The van der Waals surface area contributed by atoms with E-state index in [9.17, 15) is 4.79 Å². The number of aromatic nitrogens is 3. The summed E-state index contributed by atoms with van der Waals surface area (Å²) in [6.45, 7) is 7.26. The molecule has 2 saturated heterocycles. The van der Waals surface area contributed by atoms with Gasteiger partial charge < -0.3 is 0 Å². The van der Waals surface area contributed by atoms with E-state index in [0.717, 1.165) is 36.6 Å². The number of piperidine rings is 1. The summed E-state index contributed by atoms with van der Waals surface area (Å²) in [5.74, 6) is 2.66. The van der Waals surface area contributed by atoms with Crippen LogP contribution in [0.3, 0.4) is 0 Å². The van der Waals surface area contributed by atoms with Crippen LogP contribution in [0.1, 0.15) is 80.3 Å². The fourth-order valence-corrected chi connectivity index (χ4v) is 5.23. The molecule has 144 valence electrons. The smallest absolute Gasteiger partial charge is 0.164 e. The van der Waals surface area contributed by atoms with Gasteiger partial charge in [-0.25, -0.2) is 0 Å². The van der Waals surface area contributed by atoms with Gasteiger partial charge in [0, 0.05) is 30.5 Å². The molecular formula is C22H30N4O. The van der Waals surface area contributed by atoms with Crippen LogP contribution in [0.15, 0.2) is 30.3 Å². The molecular weight excluding hydrogens is 336 g/mol. The van der Waals surface area contributed by atoms with E-state index in [1.165, 1.54) is 19.3 Å². The minimum Gasteiger partial charge on any atom is -0.296 e. The van der Waals surface area contributed by atoms with Gasteiger partial charge in [0.15, 0.2) is 5.78 Å². The maximum absolute atomic E-state index is 12.7. The summed E-state index contributed by atoms with van der Waals surface area (Å²) in [6, 6.07) is 10.2. The number of Topliss-reactive ketones (excluding diaryl/α,β-unsaturated/α-hetero) is 1. The zero-order valence-corrected chi connectivity index (χ0v) is 16.7. The van der Waals surface area contributed by atoms with Crippen LogP contribution in [0.25, 0.3) is 0 Å². The Kier molecular flexibility index (Phi) is 4.89. The molecule has 2 aliphatic heterocycles. The Hall–Kier alpha value is -2.01. The van der Waals surface area contributed by atoms with Crippen molar-refractivity contribution in [2.45, 2.75) is 76.9 Å². The van der Waals surface area contributed by atoms with Gasteiger partial charge in [0.25, 0.3) is 0 Å². The van der Waals surface area contributed by atoms with Crippen LogP contribution in [0.4, 0.5) is 0 Å². The highest BCUT2D eigenvalue weighted by Crippen LogP contribution is 2.48. The number of hydrogen-bond donors (Lipinski definition) is 0. The molecule has 1 aromatic heterocycles. The Balaban J connectivity index is 1.62. The summed E-state index contributed by atoms with van der Waals surface area (Å²) in [5, 5.41) is 8.92. The maximum atomic E-state index is 12.7. The van der Waals surface area contributed by atoms with Gasteiger partial charge in [-0.2, -0.15) is 0 Å². The van der Waals surface area contributed by atoms with E-state index in [1.807, 2.05) is 30.3 Å². The fraction of sp³-hybridized carbons (Fsp3) is 0.591. The Bertz CT molecular complexity index is 809. The second-order valence-electron chi connectivity index (χ2n) is 8.40. The van der Waals surface area contributed by atoms with Gasteiger partial charge in [0.05, 0.1) is 0 Å². The highest BCUT2D eigenvalue weighted by molar-refractivity contribution is 5.96. The monoisotopic (exact) mass is 366 g/mol. The van der Waals surface area contributed by atoms with Crippen molar-refractivity contribution in [3.05, 3.63) is 47.5 Å². The van der Waals surface area contributed by atoms with Gasteiger partial charge >= 0.3 is 0 Å². The van der Waals surface area contributed by atoms with Crippen LogP contribution in [-0.2, 0) is 5.66 Å². The Morgan fingerprint density at radius 3 is 2.70 bits per heavy atom. The lowest BCUT2D eigenvalue weighted by atomic mass is 9.94. The second-order valence-corrected chi connectivity index (χ2v) is 8.40. The molecule has 4 rings (SSSR count). The van der Waals surface area contributed by atoms with Gasteiger partial charge in [-0.3, -0.25) is 14.3 Å². The van der Waals surface area contributed by atoms with E-state index in [0.29, 0.717) is 18.4 Å². The van der Waals surface area contributed by atoms with Crippen molar-refractivity contribution < 1.29 is 4.79 Å². The standard InChI is InChI=1S/C22H30N4O/c1-16(2)21-24-23-17(3)26(21)22-13-7-10-19(11-14-22)25(22)15-12-20(27)18-8-5-4-6-9-18/h4-6,8-9,16,19H,7,10-15H2,1-3H3. The first kappa shape index (κ1) is 18.4. The zero-order chi connectivity index (χ0) is 19.0. The van der Waals surface area contributed by atoms with Gasteiger partial charge in [0.2, 0.25) is 0 Å². The molecule has 2 aliphatic rings. The van der Waals surface area contributed by atoms with Crippen LogP contribution in [-0.4, -0.2) is 38.0 Å². The first-order valence-corrected chi connectivity index (χ1v) is 10.3. The Morgan fingerprint density at radius 1 is 1.19 bits per heavy atom. The third-order valence-electron chi connectivity index (χ3n) is 6.43. The van der Waals surface area contributed by atoms with Crippen molar-refractivity contribution in [3.8, 4) is 0 Å². The number of nitrogens with zero attached hydrogens (tertiary/aromatic N) is 4. The molecule has 0 aliphatic carbocycles. The van der Waals surface area contributed by atoms with E-state index in [-0.39, 0.29) is 11.4 Å². The van der Waals surface area contributed by atoms with Gasteiger partial charge in [0.1, 0.15) is 17.3 Å². The first-order valence-electron chi connectivity index (χ1n) is 10.3. The highest BCUT2D eigenvalue weighted by Gasteiger charge is 2.51. The molecule has 0 N–H and O–H groups in total. The Labute approximate surface area is 161 Å². The van der Waals surface area contributed by atoms with Crippen LogP contribution in [0, 0.1) is 6.92 Å². The van der Waals surface area contributed by atoms with Crippen LogP contribution >= 0.6 is 0 Å². The average Bonchev–Trinajstić information content (AvgIpc) is 3.15. The van der Waals surface area contributed by atoms with Gasteiger partial charge in [-0.05, 0) is 39.0 Å². The van der Waals surface area contributed by atoms with Crippen molar-refractivity contribution in [2.75, 3.05) is 6.54 Å². The third kappa shape index (κ3) is 3.12. The van der Waals surface area contributed by atoms with E-state index >= 15 is 0 Å². The highest BCUT2D eigenvalue weighted by atomic mass is 16.1. The van der Waals surface area contributed by atoms with Crippen molar-refractivity contribution in [1.29, 1.82) is 0 Å². The number of aryl methyl sites for hydroxylation is 1. The number of benzene rings is 1. The quantitative estimate of drug-likeness (QED) is 0.716. The largest absolute Gasteiger partial charge is 0.296 e. The molecule has 0 radical (unpaired) electrons. The molecule has 1 aromatic carbocycles. The molecule has 5 nitrogen and oxygen atoms in total. The SMILES string of the molecule is Cc1nnc(C(C)C)n1C12CCCC(CC1)N2CCC(=O)c1ccccc1. The molecule has 0 amide bonds. The maximum Gasteiger partial charge on any atom is 0.164 e. The molecule has 2 bridgehead atoms. The normalized spacial score (nSPS) is 25.3. The lowest BCUT2D eigenvalue weighted by molar-refractivity contribution is -0.0110. The number of rotatable bonds is 6. The molecule has 2 unspecified atom stereocenters. The van der Waals surface area contributed by atoms with E-state index < -0.39 is 0 Å². The summed E-state index contributed by atoms with van der Waals surface area (Å²) in [5.41, 5.74) is 0.770. The molecule has 0 saturated carbocycles.